The Morgan fingerprint density at radius 3 is 2.50 bits per heavy atom. The number of unbranched alkanes of at least 4 members (excludes halogenated alkanes) is 3. The minimum Gasteiger partial charge on any atom is -0.379 e. The molecule has 0 amide bonds. The van der Waals surface area contributed by atoms with E-state index in [9.17, 15) is 23.3 Å². The molecule has 0 aromatic heterocycles. The van der Waals surface area contributed by atoms with Gasteiger partial charge in [-0.25, -0.2) is 0 Å². The Kier molecular flexibility index (Phi) is 5.79. The minimum absolute atomic E-state index is 0.125. The SMILES string of the molecule is CCCCCCNc1ccc(C(F)(F)F)cc1[N+](=O)[O-]. The van der Waals surface area contributed by atoms with Gasteiger partial charge in [0.15, 0.2) is 0 Å². The van der Waals surface area contributed by atoms with E-state index < -0.39 is 22.4 Å². The quantitative estimate of drug-likeness (QED) is 0.453. The lowest BCUT2D eigenvalue weighted by Crippen LogP contribution is -2.08. The van der Waals surface area contributed by atoms with Crippen molar-refractivity contribution < 1.29 is 18.1 Å². The highest BCUT2D eigenvalue weighted by atomic mass is 19.4. The number of anilines is 1. The standard InChI is InChI=1S/C13H17F3N2O2/c1-2-3-4-5-8-17-11-7-6-10(13(14,15)16)9-12(11)18(19)20/h6-7,9,17H,2-5,8H2,1H3. The Bertz CT molecular complexity index is 461. The van der Waals surface area contributed by atoms with Crippen LogP contribution < -0.4 is 5.32 Å². The fourth-order valence-corrected chi connectivity index (χ4v) is 1.78. The zero-order valence-corrected chi connectivity index (χ0v) is 11.2. The summed E-state index contributed by atoms with van der Waals surface area (Å²) in [4.78, 5) is 10.0. The van der Waals surface area contributed by atoms with E-state index in [1.165, 1.54) is 0 Å². The number of benzene rings is 1. The van der Waals surface area contributed by atoms with Crippen molar-refractivity contribution in [1.29, 1.82) is 0 Å². The van der Waals surface area contributed by atoms with Gasteiger partial charge in [0, 0.05) is 12.6 Å². The topological polar surface area (TPSA) is 55.2 Å². The first-order valence-electron chi connectivity index (χ1n) is 6.45. The Hall–Kier alpha value is -1.79. The molecule has 0 spiro atoms. The maximum atomic E-state index is 12.5. The van der Waals surface area contributed by atoms with Crippen molar-refractivity contribution in [2.24, 2.45) is 0 Å². The molecule has 112 valence electrons. The highest BCUT2D eigenvalue weighted by Gasteiger charge is 2.32. The molecule has 7 heteroatoms. The average Bonchev–Trinajstić information content (AvgIpc) is 2.37. The van der Waals surface area contributed by atoms with Crippen LogP contribution in [0.15, 0.2) is 18.2 Å². The second-order valence-electron chi connectivity index (χ2n) is 4.47. The van der Waals surface area contributed by atoms with E-state index in [1.807, 2.05) is 0 Å². The third kappa shape index (κ3) is 4.71. The van der Waals surface area contributed by atoms with Gasteiger partial charge in [0.1, 0.15) is 5.69 Å². The number of nitrogens with one attached hydrogen (secondary N) is 1. The smallest absolute Gasteiger partial charge is 0.379 e. The van der Waals surface area contributed by atoms with Gasteiger partial charge in [-0.2, -0.15) is 13.2 Å². The molecular weight excluding hydrogens is 273 g/mol. The van der Waals surface area contributed by atoms with Gasteiger partial charge in [0.2, 0.25) is 0 Å². The van der Waals surface area contributed by atoms with E-state index >= 15 is 0 Å². The largest absolute Gasteiger partial charge is 0.416 e. The summed E-state index contributed by atoms with van der Waals surface area (Å²) in [7, 11) is 0. The highest BCUT2D eigenvalue weighted by molar-refractivity contribution is 5.62. The molecule has 0 saturated heterocycles. The molecule has 1 rings (SSSR count). The zero-order valence-electron chi connectivity index (χ0n) is 11.2. The first-order valence-corrected chi connectivity index (χ1v) is 6.45. The third-order valence-corrected chi connectivity index (χ3v) is 2.87. The zero-order chi connectivity index (χ0) is 15.2. The molecule has 1 aromatic carbocycles. The van der Waals surface area contributed by atoms with Crippen LogP contribution in [0, 0.1) is 10.1 Å². The van der Waals surface area contributed by atoms with Gasteiger partial charge >= 0.3 is 6.18 Å². The molecular formula is C13H17F3N2O2. The maximum absolute atomic E-state index is 12.5. The molecule has 0 unspecified atom stereocenters. The van der Waals surface area contributed by atoms with Crippen LogP contribution in [0.4, 0.5) is 24.5 Å². The van der Waals surface area contributed by atoms with E-state index in [4.69, 9.17) is 0 Å². The molecule has 0 heterocycles. The normalized spacial score (nSPS) is 11.4. The van der Waals surface area contributed by atoms with Crippen LogP contribution in [0.1, 0.15) is 38.2 Å². The molecule has 0 atom stereocenters. The molecule has 0 bridgehead atoms. The van der Waals surface area contributed by atoms with Gasteiger partial charge in [-0.15, -0.1) is 0 Å². The summed E-state index contributed by atoms with van der Waals surface area (Å²) in [5.74, 6) is 0. The van der Waals surface area contributed by atoms with Crippen LogP contribution in [0.2, 0.25) is 0 Å². The van der Waals surface area contributed by atoms with E-state index in [1.54, 1.807) is 0 Å². The lowest BCUT2D eigenvalue weighted by molar-refractivity contribution is -0.384. The first-order chi connectivity index (χ1) is 9.36. The molecule has 4 nitrogen and oxygen atoms in total. The first kappa shape index (κ1) is 16.3. The summed E-state index contributed by atoms with van der Waals surface area (Å²) in [6.07, 6.45) is -0.633. The summed E-state index contributed by atoms with van der Waals surface area (Å²) >= 11 is 0. The lowest BCUT2D eigenvalue weighted by atomic mass is 10.1. The van der Waals surface area contributed by atoms with Crippen molar-refractivity contribution >= 4 is 11.4 Å². The van der Waals surface area contributed by atoms with Crippen molar-refractivity contribution in [2.75, 3.05) is 11.9 Å². The Labute approximate surface area is 115 Å². The van der Waals surface area contributed by atoms with Crippen molar-refractivity contribution in [2.45, 2.75) is 38.8 Å². The number of hydrogen-bond acceptors (Lipinski definition) is 3. The van der Waals surface area contributed by atoms with Crippen LogP contribution >= 0.6 is 0 Å². The summed E-state index contributed by atoms with van der Waals surface area (Å²) in [5.41, 5.74) is -1.43. The molecule has 20 heavy (non-hydrogen) atoms. The summed E-state index contributed by atoms with van der Waals surface area (Å²) < 4.78 is 37.5. The van der Waals surface area contributed by atoms with Gasteiger partial charge in [0.05, 0.1) is 10.5 Å². The second kappa shape index (κ2) is 7.12. The third-order valence-electron chi connectivity index (χ3n) is 2.87. The molecule has 0 radical (unpaired) electrons. The fourth-order valence-electron chi connectivity index (χ4n) is 1.78. The summed E-state index contributed by atoms with van der Waals surface area (Å²) in [6, 6.07) is 2.52. The highest BCUT2D eigenvalue weighted by Crippen LogP contribution is 2.34. The summed E-state index contributed by atoms with van der Waals surface area (Å²) in [5, 5.41) is 13.7. The molecule has 0 fully saturated rings. The van der Waals surface area contributed by atoms with Gasteiger partial charge in [-0.1, -0.05) is 26.2 Å². The minimum atomic E-state index is -4.58. The molecule has 0 aliphatic carbocycles. The molecule has 0 saturated carbocycles. The lowest BCUT2D eigenvalue weighted by Gasteiger charge is -2.10. The Balaban J connectivity index is 2.78. The van der Waals surface area contributed by atoms with Gasteiger partial charge in [-0.3, -0.25) is 10.1 Å². The number of rotatable bonds is 7. The van der Waals surface area contributed by atoms with Crippen LogP contribution in [-0.4, -0.2) is 11.5 Å². The summed E-state index contributed by atoms with van der Waals surface area (Å²) in [6.45, 7) is 2.57. The number of nitrogens with zero attached hydrogens (tertiary/aromatic N) is 1. The number of hydrogen-bond donors (Lipinski definition) is 1. The van der Waals surface area contributed by atoms with Gasteiger partial charge in [0.25, 0.3) is 5.69 Å². The molecule has 0 aliphatic rings. The van der Waals surface area contributed by atoms with E-state index in [-0.39, 0.29) is 5.69 Å². The maximum Gasteiger partial charge on any atom is 0.416 e. The molecule has 0 aliphatic heterocycles. The number of nitro benzene ring substituents is 1. The average molecular weight is 290 g/mol. The predicted octanol–water partition coefficient (Wildman–Crippen LogP) is 4.61. The van der Waals surface area contributed by atoms with Crippen molar-refractivity contribution in [3.63, 3.8) is 0 Å². The number of nitro groups is 1. The van der Waals surface area contributed by atoms with Gasteiger partial charge in [-0.05, 0) is 18.6 Å². The molecule has 1 aromatic rings. The van der Waals surface area contributed by atoms with E-state index in [2.05, 4.69) is 12.2 Å². The second-order valence-corrected chi connectivity index (χ2v) is 4.47. The van der Waals surface area contributed by atoms with Crippen LogP contribution in [0.25, 0.3) is 0 Å². The van der Waals surface area contributed by atoms with Crippen molar-refractivity contribution in [1.82, 2.24) is 0 Å². The number of halogens is 3. The van der Waals surface area contributed by atoms with E-state index in [0.29, 0.717) is 12.6 Å². The Morgan fingerprint density at radius 1 is 1.25 bits per heavy atom. The van der Waals surface area contributed by atoms with Crippen LogP contribution in [-0.2, 0) is 6.18 Å². The monoisotopic (exact) mass is 290 g/mol. The Morgan fingerprint density at radius 2 is 1.95 bits per heavy atom. The van der Waals surface area contributed by atoms with Crippen LogP contribution in [0.3, 0.4) is 0 Å². The van der Waals surface area contributed by atoms with Crippen LogP contribution in [0.5, 0.6) is 0 Å². The number of alkyl halides is 3. The van der Waals surface area contributed by atoms with Gasteiger partial charge < -0.3 is 5.32 Å². The molecule has 1 N–H and O–H groups in total. The van der Waals surface area contributed by atoms with Crippen molar-refractivity contribution in [3.05, 3.63) is 33.9 Å². The van der Waals surface area contributed by atoms with Crippen molar-refractivity contribution in [3.8, 4) is 0 Å². The fraction of sp³-hybridized carbons (Fsp3) is 0.538. The predicted molar refractivity (Wildman–Crippen MR) is 70.7 cm³/mol. The van der Waals surface area contributed by atoms with E-state index in [0.717, 1.165) is 37.8 Å².